The lowest BCUT2D eigenvalue weighted by Crippen LogP contribution is -2.55. The van der Waals surface area contributed by atoms with E-state index in [1.165, 1.54) is 0 Å². The lowest BCUT2D eigenvalue weighted by Gasteiger charge is -2.39. The van der Waals surface area contributed by atoms with Crippen molar-refractivity contribution in [2.45, 2.75) is 44.6 Å². The average Bonchev–Trinajstić information content (AvgIpc) is 2.72. The summed E-state index contributed by atoms with van der Waals surface area (Å²) in [4.78, 5) is 14.4. The van der Waals surface area contributed by atoms with Crippen LogP contribution in [0.2, 0.25) is 0 Å². The third-order valence-corrected chi connectivity index (χ3v) is 4.28. The lowest BCUT2D eigenvalue weighted by molar-refractivity contribution is -0.150. The van der Waals surface area contributed by atoms with Gasteiger partial charge < -0.3 is 14.7 Å². The van der Waals surface area contributed by atoms with Crippen LogP contribution in [-0.4, -0.2) is 48.3 Å². The van der Waals surface area contributed by atoms with Crippen molar-refractivity contribution in [2.75, 3.05) is 26.4 Å². The molecule has 5 nitrogen and oxygen atoms in total. The molecule has 1 saturated carbocycles. The third kappa shape index (κ3) is 2.90. The van der Waals surface area contributed by atoms with Gasteiger partial charge in [0.2, 0.25) is 5.91 Å². The van der Waals surface area contributed by atoms with Crippen molar-refractivity contribution in [2.24, 2.45) is 5.41 Å². The molecular formula is C14H22N2O3. The molecule has 2 aliphatic rings. The minimum Gasteiger partial charge on any atom is -0.394 e. The summed E-state index contributed by atoms with van der Waals surface area (Å²) in [7, 11) is 0. The number of carbonyl (C=O) groups is 1. The molecule has 5 heteroatoms. The van der Waals surface area contributed by atoms with Crippen LogP contribution in [0.3, 0.4) is 0 Å². The molecule has 0 bridgehead atoms. The van der Waals surface area contributed by atoms with Crippen molar-refractivity contribution < 1.29 is 14.6 Å². The Labute approximate surface area is 114 Å². The predicted octanol–water partition coefficient (Wildman–Crippen LogP) is 1.07. The van der Waals surface area contributed by atoms with Gasteiger partial charge in [-0.2, -0.15) is 5.26 Å². The molecule has 0 radical (unpaired) electrons. The van der Waals surface area contributed by atoms with E-state index in [0.717, 1.165) is 25.7 Å². The van der Waals surface area contributed by atoms with Gasteiger partial charge in [0.05, 0.1) is 31.9 Å². The first-order chi connectivity index (χ1) is 9.23. The SMILES string of the molecule is N#CC1(C(=O)N2CCOCC2CO)CCCCCC1. The van der Waals surface area contributed by atoms with E-state index in [0.29, 0.717) is 32.6 Å². The number of morpholine rings is 1. The zero-order chi connectivity index (χ0) is 13.7. The van der Waals surface area contributed by atoms with E-state index >= 15 is 0 Å². The molecular weight excluding hydrogens is 244 g/mol. The molecule has 1 N–H and O–H groups in total. The number of amides is 1. The van der Waals surface area contributed by atoms with Gasteiger partial charge in [-0.25, -0.2) is 0 Å². The Kier molecular flexibility index (Phi) is 4.78. The highest BCUT2D eigenvalue weighted by Gasteiger charge is 2.44. The highest BCUT2D eigenvalue weighted by molar-refractivity contribution is 5.86. The van der Waals surface area contributed by atoms with Gasteiger partial charge in [-0.05, 0) is 12.8 Å². The molecule has 1 atom stereocenters. The van der Waals surface area contributed by atoms with Crippen LogP contribution >= 0.6 is 0 Å². The maximum atomic E-state index is 12.8. The van der Waals surface area contributed by atoms with Crippen LogP contribution in [-0.2, 0) is 9.53 Å². The minimum absolute atomic E-state index is 0.0979. The summed E-state index contributed by atoms with van der Waals surface area (Å²) >= 11 is 0. The second-order valence-corrected chi connectivity index (χ2v) is 5.52. The monoisotopic (exact) mass is 266 g/mol. The molecule has 19 heavy (non-hydrogen) atoms. The van der Waals surface area contributed by atoms with E-state index in [9.17, 15) is 15.2 Å². The van der Waals surface area contributed by atoms with E-state index in [2.05, 4.69) is 6.07 Å². The number of aliphatic hydroxyl groups is 1. The van der Waals surface area contributed by atoms with Crippen LogP contribution in [0.15, 0.2) is 0 Å². The summed E-state index contributed by atoms with van der Waals surface area (Å²) in [6, 6.07) is 1.99. The highest BCUT2D eigenvalue weighted by Crippen LogP contribution is 2.37. The largest absolute Gasteiger partial charge is 0.394 e. The van der Waals surface area contributed by atoms with Gasteiger partial charge in [0.25, 0.3) is 0 Å². The molecule has 2 fully saturated rings. The quantitative estimate of drug-likeness (QED) is 0.759. The van der Waals surface area contributed by atoms with Crippen molar-refractivity contribution in [1.29, 1.82) is 5.26 Å². The van der Waals surface area contributed by atoms with Gasteiger partial charge >= 0.3 is 0 Å². The molecule has 1 saturated heterocycles. The van der Waals surface area contributed by atoms with Crippen molar-refractivity contribution in [1.82, 2.24) is 4.90 Å². The number of nitriles is 1. The van der Waals surface area contributed by atoms with E-state index < -0.39 is 5.41 Å². The molecule has 1 aliphatic heterocycles. The van der Waals surface area contributed by atoms with Crippen molar-refractivity contribution >= 4 is 5.91 Å². The Balaban J connectivity index is 2.17. The second kappa shape index (κ2) is 6.36. The van der Waals surface area contributed by atoms with Gasteiger partial charge in [0.1, 0.15) is 5.41 Å². The lowest BCUT2D eigenvalue weighted by atomic mass is 9.80. The smallest absolute Gasteiger partial charge is 0.243 e. The summed E-state index contributed by atoms with van der Waals surface area (Å²) in [5.74, 6) is -0.0979. The summed E-state index contributed by atoms with van der Waals surface area (Å²) < 4.78 is 5.30. The van der Waals surface area contributed by atoms with Crippen molar-refractivity contribution in [3.8, 4) is 6.07 Å². The highest BCUT2D eigenvalue weighted by atomic mass is 16.5. The summed E-state index contributed by atoms with van der Waals surface area (Å²) in [6.07, 6.45) is 5.38. The van der Waals surface area contributed by atoms with Gasteiger partial charge in [0, 0.05) is 6.54 Å². The number of hydrogen-bond donors (Lipinski definition) is 1. The van der Waals surface area contributed by atoms with Crippen LogP contribution in [0.5, 0.6) is 0 Å². The second-order valence-electron chi connectivity index (χ2n) is 5.52. The van der Waals surface area contributed by atoms with Crippen molar-refractivity contribution in [3.63, 3.8) is 0 Å². The first kappa shape index (κ1) is 14.3. The molecule has 0 aromatic rings. The summed E-state index contributed by atoms with van der Waals surface area (Å²) in [6.45, 7) is 1.23. The van der Waals surface area contributed by atoms with Gasteiger partial charge in [-0.15, -0.1) is 0 Å². The number of rotatable bonds is 2. The first-order valence-corrected chi connectivity index (χ1v) is 7.14. The molecule has 0 aromatic carbocycles. The van der Waals surface area contributed by atoms with Crippen LogP contribution in [0.25, 0.3) is 0 Å². The molecule has 1 unspecified atom stereocenters. The Morgan fingerprint density at radius 1 is 1.37 bits per heavy atom. The molecule has 1 amide bonds. The Morgan fingerprint density at radius 3 is 2.63 bits per heavy atom. The summed E-state index contributed by atoms with van der Waals surface area (Å²) in [5.41, 5.74) is -0.874. The fraction of sp³-hybridized carbons (Fsp3) is 0.857. The maximum absolute atomic E-state index is 12.8. The third-order valence-electron chi connectivity index (χ3n) is 4.28. The molecule has 1 heterocycles. The van der Waals surface area contributed by atoms with Gasteiger partial charge in [-0.3, -0.25) is 4.79 Å². The fourth-order valence-electron chi connectivity index (χ4n) is 3.05. The van der Waals surface area contributed by atoms with Crippen LogP contribution in [0.4, 0.5) is 0 Å². The van der Waals surface area contributed by atoms with E-state index in [-0.39, 0.29) is 18.6 Å². The normalized spacial score (nSPS) is 27.4. The van der Waals surface area contributed by atoms with Gasteiger partial charge in [0.15, 0.2) is 0 Å². The number of ether oxygens (including phenoxy) is 1. The molecule has 106 valence electrons. The summed E-state index contributed by atoms with van der Waals surface area (Å²) in [5, 5.41) is 18.9. The predicted molar refractivity (Wildman–Crippen MR) is 69.2 cm³/mol. The topological polar surface area (TPSA) is 73.6 Å². The minimum atomic E-state index is -0.874. The Morgan fingerprint density at radius 2 is 2.05 bits per heavy atom. The number of hydrogen-bond acceptors (Lipinski definition) is 4. The van der Waals surface area contributed by atoms with E-state index in [4.69, 9.17) is 4.74 Å². The van der Waals surface area contributed by atoms with Crippen LogP contribution in [0.1, 0.15) is 38.5 Å². The van der Waals surface area contributed by atoms with E-state index in [1.807, 2.05) is 0 Å². The standard InChI is InChI=1S/C14H22N2O3/c15-11-14(5-3-1-2-4-6-14)13(18)16-7-8-19-10-12(16)9-17/h12,17H,1-10H2. The molecule has 0 spiro atoms. The number of nitrogens with zero attached hydrogens (tertiary/aromatic N) is 2. The molecule has 1 aliphatic carbocycles. The van der Waals surface area contributed by atoms with Crippen LogP contribution < -0.4 is 0 Å². The zero-order valence-corrected chi connectivity index (χ0v) is 11.3. The first-order valence-electron chi connectivity index (χ1n) is 7.14. The van der Waals surface area contributed by atoms with Gasteiger partial charge in [-0.1, -0.05) is 25.7 Å². The van der Waals surface area contributed by atoms with Crippen LogP contribution in [0, 0.1) is 16.7 Å². The maximum Gasteiger partial charge on any atom is 0.243 e. The van der Waals surface area contributed by atoms with Crippen molar-refractivity contribution in [3.05, 3.63) is 0 Å². The zero-order valence-electron chi connectivity index (χ0n) is 11.3. The molecule has 2 rings (SSSR count). The number of aliphatic hydroxyl groups excluding tert-OH is 1. The average molecular weight is 266 g/mol. The fourth-order valence-corrected chi connectivity index (χ4v) is 3.05. The molecule has 0 aromatic heterocycles. The Hall–Kier alpha value is -1.12. The number of carbonyl (C=O) groups excluding carboxylic acids is 1. The van der Waals surface area contributed by atoms with E-state index in [1.54, 1.807) is 4.90 Å². The Bertz CT molecular complexity index is 356.